The zero-order valence-electron chi connectivity index (χ0n) is 17.9. The minimum absolute atomic E-state index is 0.109. The molecule has 2 aromatic rings. The zero-order valence-corrected chi connectivity index (χ0v) is 17.9. The Labute approximate surface area is 177 Å². The van der Waals surface area contributed by atoms with Gasteiger partial charge in [0.25, 0.3) is 0 Å². The summed E-state index contributed by atoms with van der Waals surface area (Å²) in [5.74, 6) is 2.63. The first-order chi connectivity index (χ1) is 14.6. The van der Waals surface area contributed by atoms with E-state index in [0.717, 1.165) is 23.8 Å². The van der Waals surface area contributed by atoms with E-state index < -0.39 is 0 Å². The second kappa shape index (κ2) is 7.65. The number of amides is 1. The van der Waals surface area contributed by atoms with Gasteiger partial charge in [-0.25, -0.2) is 0 Å². The highest BCUT2D eigenvalue weighted by atomic mass is 16.6. The first kappa shape index (κ1) is 19.5. The van der Waals surface area contributed by atoms with Gasteiger partial charge >= 0.3 is 0 Å². The van der Waals surface area contributed by atoms with Gasteiger partial charge in [0.1, 0.15) is 19.0 Å². The zero-order chi connectivity index (χ0) is 20.7. The first-order valence-electron chi connectivity index (χ1n) is 11.0. The number of rotatable bonds is 4. The Balaban J connectivity index is 1.41. The van der Waals surface area contributed by atoms with Gasteiger partial charge in [-0.3, -0.25) is 9.69 Å². The molecule has 0 bridgehead atoms. The topological polar surface area (TPSA) is 55.2 Å². The van der Waals surface area contributed by atoms with E-state index in [1.807, 2.05) is 19.2 Å². The highest BCUT2D eigenvalue weighted by Crippen LogP contribution is 2.51. The normalized spacial score (nSPS) is 22.1. The van der Waals surface area contributed by atoms with Crippen LogP contribution in [-0.2, 0) is 16.8 Å². The maximum Gasteiger partial charge on any atom is 0.236 e. The van der Waals surface area contributed by atoms with Crippen molar-refractivity contribution in [2.45, 2.75) is 50.6 Å². The molecule has 3 aliphatic rings. The molecule has 1 saturated carbocycles. The molecule has 5 rings (SSSR count). The highest BCUT2D eigenvalue weighted by Gasteiger charge is 2.45. The monoisotopic (exact) mass is 410 g/mol. The molecule has 1 aliphatic carbocycles. The Bertz CT molecular complexity index is 918. The van der Waals surface area contributed by atoms with Gasteiger partial charge in [-0.15, -0.1) is 0 Å². The molecule has 1 amide bonds. The summed E-state index contributed by atoms with van der Waals surface area (Å²) in [6.07, 6.45) is 6.46. The molecule has 1 aromatic carbocycles. The lowest BCUT2D eigenvalue weighted by Crippen LogP contribution is -2.49. The summed E-state index contributed by atoms with van der Waals surface area (Å²) >= 11 is 0. The van der Waals surface area contributed by atoms with E-state index in [2.05, 4.69) is 24.0 Å². The second-order valence-electron chi connectivity index (χ2n) is 8.98. The smallest absolute Gasteiger partial charge is 0.236 e. The summed E-state index contributed by atoms with van der Waals surface area (Å²) in [7, 11) is 1.85. The van der Waals surface area contributed by atoms with Crippen LogP contribution < -0.4 is 9.47 Å². The van der Waals surface area contributed by atoms with Crippen LogP contribution >= 0.6 is 0 Å². The van der Waals surface area contributed by atoms with Gasteiger partial charge in [0.05, 0.1) is 19.4 Å². The van der Waals surface area contributed by atoms with Crippen molar-refractivity contribution in [3.05, 3.63) is 47.4 Å². The van der Waals surface area contributed by atoms with Crippen LogP contribution in [0.15, 0.2) is 34.9 Å². The molecule has 0 saturated heterocycles. The largest absolute Gasteiger partial charge is 0.486 e. The molecule has 2 aliphatic heterocycles. The molecular formula is C24H30N2O4. The Morgan fingerprint density at radius 3 is 2.63 bits per heavy atom. The van der Waals surface area contributed by atoms with Gasteiger partial charge in [-0.05, 0) is 55.2 Å². The number of carbonyl (C=O) groups excluding carboxylic acids is 1. The molecule has 1 spiro atoms. The van der Waals surface area contributed by atoms with Crippen LogP contribution in [0.2, 0.25) is 0 Å². The van der Waals surface area contributed by atoms with E-state index in [9.17, 15) is 4.79 Å². The average molecular weight is 411 g/mol. The van der Waals surface area contributed by atoms with Gasteiger partial charge in [0.2, 0.25) is 5.91 Å². The fourth-order valence-corrected chi connectivity index (χ4v) is 5.41. The van der Waals surface area contributed by atoms with Crippen LogP contribution in [0.1, 0.15) is 55.5 Å². The van der Waals surface area contributed by atoms with Crippen molar-refractivity contribution in [3.8, 4) is 11.5 Å². The number of hydrogen-bond acceptors (Lipinski definition) is 5. The van der Waals surface area contributed by atoms with Crippen molar-refractivity contribution in [3.63, 3.8) is 0 Å². The number of benzene rings is 1. The molecule has 1 fully saturated rings. The third-order valence-electron chi connectivity index (χ3n) is 7.09. The Morgan fingerprint density at radius 1 is 1.20 bits per heavy atom. The van der Waals surface area contributed by atoms with Crippen molar-refractivity contribution >= 4 is 5.91 Å². The minimum Gasteiger partial charge on any atom is -0.486 e. The highest BCUT2D eigenvalue weighted by molar-refractivity contribution is 5.78. The lowest BCUT2D eigenvalue weighted by molar-refractivity contribution is -0.132. The van der Waals surface area contributed by atoms with Gasteiger partial charge in [-0.1, -0.05) is 12.8 Å². The third-order valence-corrected chi connectivity index (χ3v) is 7.09. The number of ether oxygens (including phenoxy) is 2. The Hall–Kier alpha value is -2.47. The lowest BCUT2D eigenvalue weighted by Gasteiger charge is -2.46. The summed E-state index contributed by atoms with van der Waals surface area (Å²) in [5, 5.41) is 0. The number of likely N-dealkylation sites (N-methyl/N-ethyl adjacent to an activating group) is 1. The van der Waals surface area contributed by atoms with Crippen LogP contribution in [0.3, 0.4) is 0 Å². The quantitative estimate of drug-likeness (QED) is 0.765. The number of carbonyl (C=O) groups is 1. The van der Waals surface area contributed by atoms with Gasteiger partial charge in [0, 0.05) is 25.0 Å². The molecule has 3 heterocycles. The molecule has 1 unspecified atom stereocenters. The predicted octanol–water partition coefficient (Wildman–Crippen LogP) is 3.90. The maximum absolute atomic E-state index is 13.0. The van der Waals surface area contributed by atoms with Gasteiger partial charge < -0.3 is 18.8 Å². The van der Waals surface area contributed by atoms with E-state index in [1.54, 1.807) is 11.2 Å². The van der Waals surface area contributed by atoms with Crippen molar-refractivity contribution in [1.29, 1.82) is 0 Å². The van der Waals surface area contributed by atoms with Crippen molar-refractivity contribution in [2.75, 3.05) is 33.4 Å². The van der Waals surface area contributed by atoms with Crippen LogP contribution in [0.5, 0.6) is 11.5 Å². The molecule has 6 heteroatoms. The van der Waals surface area contributed by atoms with Gasteiger partial charge in [0.15, 0.2) is 11.5 Å². The number of hydrogen-bond donors (Lipinski definition) is 0. The number of furan rings is 1. The summed E-state index contributed by atoms with van der Waals surface area (Å²) < 4.78 is 17.2. The summed E-state index contributed by atoms with van der Waals surface area (Å²) in [5.41, 5.74) is 2.80. The number of nitrogens with zero attached hydrogens (tertiary/aromatic N) is 2. The van der Waals surface area contributed by atoms with Crippen LogP contribution in [0.4, 0.5) is 0 Å². The average Bonchev–Trinajstić information content (AvgIpc) is 3.43. The lowest BCUT2D eigenvalue weighted by atomic mass is 9.71. The molecule has 30 heavy (non-hydrogen) atoms. The van der Waals surface area contributed by atoms with E-state index >= 15 is 0 Å². The SMILES string of the molecule is CC1c2cc3c(cc2C2(CCCC2)CN1CC(=O)N(C)Cc1ccco1)OCCO3. The first-order valence-corrected chi connectivity index (χ1v) is 11.0. The standard InChI is InChI=1S/C24H30N2O4/c1-17-19-12-21-22(30-11-10-29-21)13-20(19)24(7-3-4-8-24)16-26(17)15-23(27)25(2)14-18-6-5-9-28-18/h5-6,9,12-13,17H,3-4,7-8,10-11,14-16H2,1-2H3. The molecule has 160 valence electrons. The van der Waals surface area contributed by atoms with Crippen LogP contribution in [0, 0.1) is 0 Å². The summed E-state index contributed by atoms with van der Waals surface area (Å²) in [4.78, 5) is 17.1. The van der Waals surface area contributed by atoms with Crippen molar-refractivity contribution < 1.29 is 18.7 Å². The van der Waals surface area contributed by atoms with E-state index in [4.69, 9.17) is 13.9 Å². The van der Waals surface area contributed by atoms with E-state index in [-0.39, 0.29) is 17.4 Å². The molecule has 1 aromatic heterocycles. The van der Waals surface area contributed by atoms with Gasteiger partial charge in [-0.2, -0.15) is 0 Å². The fraction of sp³-hybridized carbons (Fsp3) is 0.542. The van der Waals surface area contributed by atoms with Crippen molar-refractivity contribution in [2.24, 2.45) is 0 Å². The second-order valence-corrected chi connectivity index (χ2v) is 8.98. The Morgan fingerprint density at radius 2 is 1.93 bits per heavy atom. The fourth-order valence-electron chi connectivity index (χ4n) is 5.41. The van der Waals surface area contributed by atoms with E-state index in [1.165, 1.54) is 36.8 Å². The molecule has 0 N–H and O–H groups in total. The molecule has 0 radical (unpaired) electrons. The molecule has 1 atom stereocenters. The van der Waals surface area contributed by atoms with Crippen LogP contribution in [0.25, 0.3) is 0 Å². The number of fused-ring (bicyclic) bond motifs is 3. The predicted molar refractivity (Wildman–Crippen MR) is 113 cm³/mol. The van der Waals surface area contributed by atoms with Crippen LogP contribution in [-0.4, -0.2) is 49.1 Å². The van der Waals surface area contributed by atoms with E-state index in [0.29, 0.717) is 26.3 Å². The maximum atomic E-state index is 13.0. The Kier molecular flexibility index (Phi) is 4.97. The molecular weight excluding hydrogens is 380 g/mol. The minimum atomic E-state index is 0.109. The summed E-state index contributed by atoms with van der Waals surface area (Å²) in [6.45, 7) is 5.22. The third kappa shape index (κ3) is 3.37. The summed E-state index contributed by atoms with van der Waals surface area (Å²) in [6, 6.07) is 8.31. The van der Waals surface area contributed by atoms with Crippen molar-refractivity contribution in [1.82, 2.24) is 9.80 Å². The molecule has 6 nitrogen and oxygen atoms in total.